The van der Waals surface area contributed by atoms with Crippen LogP contribution in [0.5, 0.6) is 0 Å². The molecule has 24 heavy (non-hydrogen) atoms. The summed E-state index contributed by atoms with van der Waals surface area (Å²) in [5, 5.41) is 47.4. The van der Waals surface area contributed by atoms with Crippen LogP contribution < -0.4 is 0 Å². The molecule has 0 aliphatic carbocycles. The summed E-state index contributed by atoms with van der Waals surface area (Å²) in [4.78, 5) is 11.3. The number of rotatable bonds is 5. The first kappa shape index (κ1) is 18.3. The van der Waals surface area contributed by atoms with Crippen molar-refractivity contribution < 1.29 is 44.2 Å². The highest BCUT2D eigenvalue weighted by atomic mass is 19.1. The summed E-state index contributed by atoms with van der Waals surface area (Å²) in [5.41, 5.74) is -0.0699. The van der Waals surface area contributed by atoms with Crippen LogP contribution in [0, 0.1) is 5.82 Å². The van der Waals surface area contributed by atoms with E-state index < -0.39 is 54.9 Å². The zero-order chi connectivity index (χ0) is 17.9. The van der Waals surface area contributed by atoms with Crippen molar-refractivity contribution in [1.82, 2.24) is 0 Å². The van der Waals surface area contributed by atoms with Crippen LogP contribution in [0.25, 0.3) is 6.08 Å². The van der Waals surface area contributed by atoms with Gasteiger partial charge in [0, 0.05) is 5.56 Å². The molecule has 0 amide bonds. The molecule has 0 radical (unpaired) electrons. The summed E-state index contributed by atoms with van der Waals surface area (Å²) in [6.45, 7) is -0.690. The summed E-state index contributed by atoms with van der Waals surface area (Å²) >= 11 is 0. The van der Waals surface area contributed by atoms with Gasteiger partial charge in [-0.05, 0) is 12.1 Å². The molecule has 1 aliphatic rings. The van der Waals surface area contributed by atoms with Gasteiger partial charge >= 0.3 is 5.97 Å². The molecule has 8 nitrogen and oxygen atoms in total. The standard InChI is InChI=1S/C15H17FO8/c16-8-4-2-1-3-7(8)5-9(14(21)22)23-15-13(20)12(19)11(18)10(6-17)24-15/h1-5,10-13,15,17-20H,6H2,(H,21,22)/t10-,11+,12+,13-,15-/m0/s1. The van der Waals surface area contributed by atoms with Crippen LogP contribution in [0.1, 0.15) is 5.56 Å². The van der Waals surface area contributed by atoms with Crippen molar-refractivity contribution >= 4 is 12.0 Å². The minimum absolute atomic E-state index is 0.0699. The van der Waals surface area contributed by atoms with E-state index in [0.717, 1.165) is 12.1 Å². The fraction of sp³-hybridized carbons (Fsp3) is 0.400. The Hall–Kier alpha value is -2.04. The van der Waals surface area contributed by atoms with E-state index in [2.05, 4.69) is 0 Å². The lowest BCUT2D eigenvalue weighted by atomic mass is 9.99. The summed E-state index contributed by atoms with van der Waals surface area (Å²) < 4.78 is 23.7. The van der Waals surface area contributed by atoms with Crippen molar-refractivity contribution in [3.63, 3.8) is 0 Å². The van der Waals surface area contributed by atoms with Crippen LogP contribution >= 0.6 is 0 Å². The second-order valence-corrected chi connectivity index (χ2v) is 5.15. The van der Waals surface area contributed by atoms with Crippen molar-refractivity contribution in [2.45, 2.75) is 30.7 Å². The van der Waals surface area contributed by atoms with E-state index in [9.17, 15) is 24.5 Å². The van der Waals surface area contributed by atoms with Gasteiger partial charge in [0.05, 0.1) is 6.61 Å². The number of aliphatic hydroxyl groups is 4. The lowest BCUT2D eigenvalue weighted by molar-refractivity contribution is -0.291. The smallest absolute Gasteiger partial charge is 0.371 e. The minimum Gasteiger partial charge on any atom is -0.475 e. The first-order valence-corrected chi connectivity index (χ1v) is 7.02. The van der Waals surface area contributed by atoms with E-state index in [4.69, 9.17) is 19.7 Å². The van der Waals surface area contributed by atoms with Crippen molar-refractivity contribution in [1.29, 1.82) is 0 Å². The van der Waals surface area contributed by atoms with Crippen molar-refractivity contribution in [3.05, 3.63) is 41.4 Å². The zero-order valence-corrected chi connectivity index (χ0v) is 12.3. The van der Waals surface area contributed by atoms with Crippen molar-refractivity contribution in [2.24, 2.45) is 0 Å². The summed E-state index contributed by atoms with van der Waals surface area (Å²) in [5.74, 6) is -2.99. The third-order valence-corrected chi connectivity index (χ3v) is 3.49. The quantitative estimate of drug-likeness (QED) is 0.341. The van der Waals surface area contributed by atoms with E-state index in [1.807, 2.05) is 0 Å². The number of carboxylic acids is 1. The Labute approximate surface area is 136 Å². The topological polar surface area (TPSA) is 137 Å². The van der Waals surface area contributed by atoms with Gasteiger partial charge in [-0.1, -0.05) is 18.2 Å². The van der Waals surface area contributed by atoms with Crippen LogP contribution in [0.15, 0.2) is 30.0 Å². The molecule has 1 aliphatic heterocycles. The lowest BCUT2D eigenvalue weighted by Gasteiger charge is -2.39. The van der Waals surface area contributed by atoms with Gasteiger partial charge in [-0.25, -0.2) is 9.18 Å². The Bertz CT molecular complexity index is 617. The average Bonchev–Trinajstić information content (AvgIpc) is 2.56. The fourth-order valence-corrected chi connectivity index (χ4v) is 2.17. The van der Waals surface area contributed by atoms with Crippen molar-refractivity contribution in [3.8, 4) is 0 Å². The largest absolute Gasteiger partial charge is 0.475 e. The molecule has 1 heterocycles. The summed E-state index contributed by atoms with van der Waals surface area (Å²) in [6, 6.07) is 5.35. The highest BCUT2D eigenvalue weighted by Gasteiger charge is 2.45. The molecule has 132 valence electrons. The minimum atomic E-state index is -1.77. The van der Waals surface area contributed by atoms with E-state index in [-0.39, 0.29) is 5.56 Å². The molecule has 1 aromatic rings. The number of aliphatic carboxylic acids is 1. The predicted octanol–water partition coefficient (Wildman–Crippen LogP) is -0.932. The molecular formula is C15H17FO8. The first-order valence-electron chi connectivity index (χ1n) is 7.02. The van der Waals surface area contributed by atoms with Crippen LogP contribution in [0.3, 0.4) is 0 Å². The molecule has 0 saturated carbocycles. The number of hydrogen-bond donors (Lipinski definition) is 5. The van der Waals surface area contributed by atoms with Gasteiger partial charge in [-0.3, -0.25) is 0 Å². The van der Waals surface area contributed by atoms with E-state index >= 15 is 0 Å². The number of halogens is 1. The summed E-state index contributed by atoms with van der Waals surface area (Å²) in [6.07, 6.45) is -7.13. The highest BCUT2D eigenvalue weighted by Crippen LogP contribution is 2.24. The normalized spacial score (nSPS) is 30.9. The SMILES string of the molecule is O=C(O)C(=Cc1ccccc1F)O[C@H]1O[C@@H](CO)[C@@H](O)[C@@H](O)[C@@H]1O. The zero-order valence-electron chi connectivity index (χ0n) is 12.3. The van der Waals surface area contributed by atoms with E-state index in [1.54, 1.807) is 0 Å². The molecule has 0 spiro atoms. The highest BCUT2D eigenvalue weighted by molar-refractivity contribution is 5.89. The van der Waals surface area contributed by atoms with Gasteiger partial charge in [0.2, 0.25) is 12.0 Å². The summed E-state index contributed by atoms with van der Waals surface area (Å²) in [7, 11) is 0. The van der Waals surface area contributed by atoms with E-state index in [1.165, 1.54) is 18.2 Å². The van der Waals surface area contributed by atoms with Crippen LogP contribution in [-0.4, -0.2) is 68.8 Å². The Balaban J connectivity index is 2.24. The number of ether oxygens (including phenoxy) is 2. The van der Waals surface area contributed by atoms with Gasteiger partial charge in [0.25, 0.3) is 0 Å². The van der Waals surface area contributed by atoms with Crippen LogP contribution in [0.2, 0.25) is 0 Å². The van der Waals surface area contributed by atoms with Gasteiger partial charge in [-0.2, -0.15) is 0 Å². The predicted molar refractivity (Wildman–Crippen MR) is 76.9 cm³/mol. The molecule has 1 aromatic carbocycles. The van der Waals surface area contributed by atoms with Gasteiger partial charge < -0.3 is 35.0 Å². The molecule has 5 atom stereocenters. The molecule has 1 fully saturated rings. The Morgan fingerprint density at radius 3 is 2.46 bits per heavy atom. The number of carbonyl (C=O) groups is 1. The molecule has 9 heteroatoms. The number of benzene rings is 1. The van der Waals surface area contributed by atoms with Gasteiger partial charge in [0.1, 0.15) is 30.2 Å². The second-order valence-electron chi connectivity index (χ2n) is 5.15. The maximum atomic E-state index is 13.6. The van der Waals surface area contributed by atoms with Crippen molar-refractivity contribution in [2.75, 3.05) is 6.61 Å². The van der Waals surface area contributed by atoms with Crippen LogP contribution in [-0.2, 0) is 14.3 Å². The molecule has 1 saturated heterocycles. The maximum Gasteiger partial charge on any atom is 0.371 e. The Kier molecular flexibility index (Phi) is 5.86. The maximum absolute atomic E-state index is 13.6. The fourth-order valence-electron chi connectivity index (χ4n) is 2.17. The molecular weight excluding hydrogens is 327 g/mol. The molecule has 0 bridgehead atoms. The first-order chi connectivity index (χ1) is 11.3. The van der Waals surface area contributed by atoms with Gasteiger partial charge in [0.15, 0.2) is 0 Å². The Morgan fingerprint density at radius 2 is 1.88 bits per heavy atom. The average molecular weight is 344 g/mol. The molecule has 2 rings (SSSR count). The number of carboxylic acid groups (broad SMARTS) is 1. The van der Waals surface area contributed by atoms with Crippen LogP contribution in [0.4, 0.5) is 4.39 Å². The van der Waals surface area contributed by atoms with E-state index in [0.29, 0.717) is 0 Å². The molecule has 5 N–H and O–H groups in total. The van der Waals surface area contributed by atoms with Gasteiger partial charge in [-0.15, -0.1) is 0 Å². The molecule has 0 aromatic heterocycles. The number of hydrogen-bond acceptors (Lipinski definition) is 7. The second kappa shape index (κ2) is 7.69. The lowest BCUT2D eigenvalue weighted by Crippen LogP contribution is -2.59. The number of aliphatic hydroxyl groups excluding tert-OH is 4. The third-order valence-electron chi connectivity index (χ3n) is 3.49. The monoisotopic (exact) mass is 344 g/mol. The molecule has 0 unspecified atom stereocenters. The Morgan fingerprint density at radius 1 is 1.21 bits per heavy atom. The third kappa shape index (κ3) is 3.89.